The molecule has 16 heavy (non-hydrogen) atoms. The number of Topliss-reactive ketones (excluding diaryl/α,β-unsaturated/α-hetero) is 1. The molecule has 0 bridgehead atoms. The topological polar surface area (TPSA) is 55.3 Å². The molecule has 2 atom stereocenters. The summed E-state index contributed by atoms with van der Waals surface area (Å²) in [6, 6.07) is 1.70. The second kappa shape index (κ2) is 4.57. The highest BCUT2D eigenvalue weighted by Crippen LogP contribution is 2.20. The number of nitrogens with zero attached hydrogens (tertiary/aromatic N) is 3. The molecule has 1 aliphatic heterocycles. The van der Waals surface area contributed by atoms with Crippen LogP contribution in [0.1, 0.15) is 13.3 Å². The fourth-order valence-electron chi connectivity index (χ4n) is 2.03. The fourth-order valence-corrected chi connectivity index (χ4v) is 2.03. The molecule has 86 valence electrons. The second-order valence-electron chi connectivity index (χ2n) is 4.09. The van der Waals surface area contributed by atoms with Crippen molar-refractivity contribution in [3.05, 3.63) is 18.6 Å². The lowest BCUT2D eigenvalue weighted by atomic mass is 10.1. The number of ether oxygens (including phenoxy) is 1. The van der Waals surface area contributed by atoms with Crippen LogP contribution in [0.4, 0.5) is 0 Å². The zero-order valence-corrected chi connectivity index (χ0v) is 9.46. The Morgan fingerprint density at radius 2 is 2.44 bits per heavy atom. The van der Waals surface area contributed by atoms with E-state index >= 15 is 0 Å². The Morgan fingerprint density at radius 3 is 3.00 bits per heavy atom. The molecule has 2 heterocycles. The maximum Gasteiger partial charge on any atom is 0.216 e. The number of hydrogen-bond donors (Lipinski definition) is 0. The second-order valence-corrected chi connectivity index (χ2v) is 4.09. The normalized spacial score (nSPS) is 25.6. The zero-order valence-electron chi connectivity index (χ0n) is 9.46. The number of hydrogen-bond acceptors (Lipinski definition) is 5. The molecular formula is C11H15N3O2. The van der Waals surface area contributed by atoms with Gasteiger partial charge in [0.05, 0.1) is 6.04 Å². The van der Waals surface area contributed by atoms with Crippen molar-refractivity contribution < 1.29 is 9.53 Å². The average Bonchev–Trinajstić information content (AvgIpc) is 2.61. The third kappa shape index (κ3) is 2.36. The lowest BCUT2D eigenvalue weighted by Crippen LogP contribution is -2.31. The summed E-state index contributed by atoms with van der Waals surface area (Å²) in [5.74, 6) is 0.758. The van der Waals surface area contributed by atoms with E-state index in [0.717, 1.165) is 13.0 Å². The first-order valence-electron chi connectivity index (χ1n) is 5.30. The third-order valence-corrected chi connectivity index (χ3v) is 2.82. The number of ketones is 1. The molecule has 0 aromatic carbocycles. The number of likely N-dealkylation sites (N-methyl/N-ethyl adjacent to an activating group) is 1. The van der Waals surface area contributed by atoms with Gasteiger partial charge >= 0.3 is 0 Å². The van der Waals surface area contributed by atoms with Crippen molar-refractivity contribution in [2.45, 2.75) is 25.5 Å². The molecule has 1 fully saturated rings. The van der Waals surface area contributed by atoms with E-state index in [1.807, 2.05) is 11.9 Å². The van der Waals surface area contributed by atoms with Crippen LogP contribution in [0.3, 0.4) is 0 Å². The average molecular weight is 221 g/mol. The van der Waals surface area contributed by atoms with Gasteiger partial charge in [0.25, 0.3) is 0 Å². The van der Waals surface area contributed by atoms with Gasteiger partial charge in [-0.15, -0.1) is 0 Å². The van der Waals surface area contributed by atoms with Crippen molar-refractivity contribution in [1.82, 2.24) is 14.9 Å². The lowest BCUT2D eigenvalue weighted by Gasteiger charge is -2.14. The van der Waals surface area contributed by atoms with Gasteiger partial charge < -0.3 is 4.74 Å². The molecule has 1 saturated heterocycles. The Kier molecular flexibility index (Phi) is 3.14. The number of carbonyl (C=O) groups excluding carboxylic acids is 1. The first kappa shape index (κ1) is 11.0. The molecule has 1 aliphatic rings. The summed E-state index contributed by atoms with van der Waals surface area (Å²) in [6.45, 7) is 2.38. The van der Waals surface area contributed by atoms with Gasteiger partial charge in [0.15, 0.2) is 0 Å². The van der Waals surface area contributed by atoms with Crippen molar-refractivity contribution in [3.63, 3.8) is 0 Å². The molecule has 0 N–H and O–H groups in total. The molecule has 5 heteroatoms. The van der Waals surface area contributed by atoms with Crippen molar-refractivity contribution >= 4 is 5.78 Å². The van der Waals surface area contributed by atoms with Gasteiger partial charge in [0.1, 0.15) is 18.2 Å². The molecule has 0 radical (unpaired) electrons. The molecule has 0 saturated carbocycles. The molecule has 5 nitrogen and oxygen atoms in total. The predicted octanol–water partition coefficient (Wildman–Crippen LogP) is 0.517. The Balaban J connectivity index is 1.96. The highest BCUT2D eigenvalue weighted by molar-refractivity contribution is 5.81. The van der Waals surface area contributed by atoms with Crippen LogP contribution >= 0.6 is 0 Å². The largest absolute Gasteiger partial charge is 0.473 e. The van der Waals surface area contributed by atoms with Crippen LogP contribution in [-0.2, 0) is 4.79 Å². The number of rotatable bonds is 3. The summed E-state index contributed by atoms with van der Waals surface area (Å²) in [7, 11) is 1.94. The molecule has 2 unspecified atom stereocenters. The molecule has 0 amide bonds. The standard InChI is InChI=1S/C11H15N3O2/c1-8(15)10-5-9(6-14(10)2)16-11-3-4-12-7-13-11/h3-4,7,9-10H,5-6H2,1-2H3. The van der Waals surface area contributed by atoms with E-state index < -0.39 is 0 Å². The van der Waals surface area contributed by atoms with Crippen molar-refractivity contribution in [2.24, 2.45) is 0 Å². The smallest absolute Gasteiger partial charge is 0.216 e. The summed E-state index contributed by atoms with van der Waals surface area (Å²) in [4.78, 5) is 21.2. The van der Waals surface area contributed by atoms with Crippen molar-refractivity contribution in [3.8, 4) is 5.88 Å². The van der Waals surface area contributed by atoms with E-state index in [-0.39, 0.29) is 17.9 Å². The zero-order chi connectivity index (χ0) is 11.5. The summed E-state index contributed by atoms with van der Waals surface area (Å²) in [5.41, 5.74) is 0. The fraction of sp³-hybridized carbons (Fsp3) is 0.545. The van der Waals surface area contributed by atoms with Crippen LogP contribution in [0.15, 0.2) is 18.6 Å². The van der Waals surface area contributed by atoms with Gasteiger partial charge in [0, 0.05) is 25.2 Å². The Morgan fingerprint density at radius 1 is 1.62 bits per heavy atom. The van der Waals surface area contributed by atoms with Crippen LogP contribution in [-0.4, -0.2) is 46.4 Å². The quantitative estimate of drug-likeness (QED) is 0.744. The minimum atomic E-state index is -0.0214. The maximum atomic E-state index is 11.3. The van der Waals surface area contributed by atoms with Gasteiger partial charge in [-0.05, 0) is 14.0 Å². The highest BCUT2D eigenvalue weighted by Gasteiger charge is 2.33. The number of aromatic nitrogens is 2. The van der Waals surface area contributed by atoms with E-state index in [4.69, 9.17) is 4.74 Å². The number of likely N-dealkylation sites (tertiary alicyclic amines) is 1. The van der Waals surface area contributed by atoms with Crippen LogP contribution in [0.2, 0.25) is 0 Å². The molecule has 0 spiro atoms. The van der Waals surface area contributed by atoms with Gasteiger partial charge in [-0.2, -0.15) is 0 Å². The highest BCUT2D eigenvalue weighted by atomic mass is 16.5. The Labute approximate surface area is 94.5 Å². The first-order valence-corrected chi connectivity index (χ1v) is 5.30. The molecule has 0 aliphatic carbocycles. The van der Waals surface area contributed by atoms with Gasteiger partial charge in [-0.1, -0.05) is 0 Å². The molecular weight excluding hydrogens is 206 g/mol. The predicted molar refractivity (Wildman–Crippen MR) is 58.2 cm³/mol. The van der Waals surface area contributed by atoms with E-state index in [0.29, 0.717) is 5.88 Å². The first-order chi connectivity index (χ1) is 7.66. The van der Waals surface area contributed by atoms with E-state index in [1.54, 1.807) is 19.2 Å². The Hall–Kier alpha value is -1.49. The SMILES string of the molecule is CC(=O)C1CC(Oc2ccncn2)CN1C. The minimum absolute atomic E-state index is 0.0214. The van der Waals surface area contributed by atoms with E-state index in [2.05, 4.69) is 9.97 Å². The molecule has 1 aromatic heterocycles. The maximum absolute atomic E-state index is 11.3. The van der Waals surface area contributed by atoms with Gasteiger partial charge in [0.2, 0.25) is 5.88 Å². The monoisotopic (exact) mass is 221 g/mol. The minimum Gasteiger partial charge on any atom is -0.473 e. The van der Waals surface area contributed by atoms with Crippen molar-refractivity contribution in [2.75, 3.05) is 13.6 Å². The van der Waals surface area contributed by atoms with E-state index in [1.165, 1.54) is 6.33 Å². The third-order valence-electron chi connectivity index (χ3n) is 2.82. The van der Waals surface area contributed by atoms with Crippen LogP contribution in [0.5, 0.6) is 5.88 Å². The lowest BCUT2D eigenvalue weighted by molar-refractivity contribution is -0.120. The van der Waals surface area contributed by atoms with Crippen LogP contribution in [0, 0.1) is 0 Å². The summed E-state index contributed by atoms with van der Waals surface area (Å²) < 4.78 is 5.68. The summed E-state index contributed by atoms with van der Waals surface area (Å²) in [5, 5.41) is 0. The molecule has 1 aromatic rings. The molecule has 2 rings (SSSR count). The van der Waals surface area contributed by atoms with Gasteiger partial charge in [-0.25, -0.2) is 9.97 Å². The summed E-state index contributed by atoms with van der Waals surface area (Å²) >= 11 is 0. The number of carbonyl (C=O) groups is 1. The van der Waals surface area contributed by atoms with Crippen LogP contribution in [0.25, 0.3) is 0 Å². The van der Waals surface area contributed by atoms with E-state index in [9.17, 15) is 4.79 Å². The summed E-state index contributed by atoms with van der Waals surface area (Å²) in [6.07, 6.45) is 3.87. The Bertz CT molecular complexity index is 369. The van der Waals surface area contributed by atoms with Crippen LogP contribution < -0.4 is 4.74 Å². The van der Waals surface area contributed by atoms with Gasteiger partial charge in [-0.3, -0.25) is 9.69 Å². The van der Waals surface area contributed by atoms with Crippen molar-refractivity contribution in [1.29, 1.82) is 0 Å².